The van der Waals surface area contributed by atoms with Gasteiger partial charge in [-0.3, -0.25) is 19.1 Å². The summed E-state index contributed by atoms with van der Waals surface area (Å²) in [4.78, 5) is 39.7. The van der Waals surface area contributed by atoms with Crippen LogP contribution in [0.15, 0.2) is 33.9 Å². The summed E-state index contributed by atoms with van der Waals surface area (Å²) in [6.45, 7) is 2.02. The molecule has 0 saturated heterocycles. The summed E-state index contributed by atoms with van der Waals surface area (Å²) in [5.41, 5.74) is 4.59. The van der Waals surface area contributed by atoms with Crippen molar-refractivity contribution >= 4 is 29.0 Å². The van der Waals surface area contributed by atoms with Crippen molar-refractivity contribution in [2.24, 2.45) is 0 Å². The average Bonchev–Trinajstić information content (AvgIpc) is 2.60. The van der Waals surface area contributed by atoms with Crippen LogP contribution in [0.1, 0.15) is 19.8 Å². The van der Waals surface area contributed by atoms with Crippen LogP contribution in [-0.2, 0) is 11.3 Å². The predicted molar refractivity (Wildman–Crippen MR) is 101 cm³/mol. The van der Waals surface area contributed by atoms with E-state index in [0.29, 0.717) is 23.7 Å². The van der Waals surface area contributed by atoms with Gasteiger partial charge in [0.1, 0.15) is 11.6 Å². The highest BCUT2D eigenvalue weighted by Gasteiger charge is 2.21. The van der Waals surface area contributed by atoms with E-state index in [0.717, 1.165) is 11.3 Å². The molecule has 1 amide bonds. The number of aromatic amines is 1. The van der Waals surface area contributed by atoms with Crippen molar-refractivity contribution in [2.75, 3.05) is 24.3 Å². The zero-order chi connectivity index (χ0) is 19.3. The highest BCUT2D eigenvalue weighted by atomic mass is 35.5. The van der Waals surface area contributed by atoms with Crippen LogP contribution in [-0.4, -0.2) is 29.1 Å². The Morgan fingerprint density at radius 3 is 2.58 bits per heavy atom. The Balaban J connectivity index is 2.20. The van der Waals surface area contributed by atoms with Crippen LogP contribution in [0.4, 0.5) is 11.5 Å². The van der Waals surface area contributed by atoms with E-state index in [2.05, 4.69) is 4.98 Å². The van der Waals surface area contributed by atoms with Crippen molar-refractivity contribution in [1.29, 1.82) is 0 Å². The van der Waals surface area contributed by atoms with Gasteiger partial charge in [-0.2, -0.15) is 0 Å². The summed E-state index contributed by atoms with van der Waals surface area (Å²) in [5, 5.41) is 0.550. The fourth-order valence-electron chi connectivity index (χ4n) is 2.34. The molecule has 2 aromatic rings. The zero-order valence-corrected chi connectivity index (χ0v) is 15.4. The van der Waals surface area contributed by atoms with Gasteiger partial charge in [-0.25, -0.2) is 4.79 Å². The molecule has 0 aliphatic carbocycles. The highest BCUT2D eigenvalue weighted by Crippen LogP contribution is 2.18. The van der Waals surface area contributed by atoms with Crippen LogP contribution in [0.3, 0.4) is 0 Å². The number of unbranched alkanes of at least 4 members (excludes halogenated alkanes) is 1. The molecular formula is C17H21ClN4O4. The molecule has 1 aromatic heterocycles. The first-order valence-corrected chi connectivity index (χ1v) is 8.50. The van der Waals surface area contributed by atoms with Crippen LogP contribution in [0, 0.1) is 0 Å². The molecule has 0 unspecified atom stereocenters. The fourth-order valence-corrected chi connectivity index (χ4v) is 2.46. The number of hydrogen-bond donors (Lipinski definition) is 2. The number of halogens is 1. The third-order valence-corrected chi connectivity index (χ3v) is 4.09. The second kappa shape index (κ2) is 8.57. The Bertz CT molecular complexity index is 889. The van der Waals surface area contributed by atoms with Gasteiger partial charge in [0.05, 0.1) is 0 Å². The lowest BCUT2D eigenvalue weighted by atomic mass is 10.3. The van der Waals surface area contributed by atoms with Gasteiger partial charge in [0.2, 0.25) is 0 Å². The first kappa shape index (κ1) is 19.6. The smallest absolute Gasteiger partial charge is 0.330 e. The number of amides is 1. The standard InChI is InChI=1S/C17H21ClN4O4/c1-3-4-9-22-15(19)14(16(24)20-17(22)25)21(2)13(23)10-26-12-7-5-11(18)6-8-12/h5-8H,3-4,9-10,19H2,1-2H3,(H,20,24,25). The number of rotatable bonds is 7. The maximum absolute atomic E-state index is 12.4. The summed E-state index contributed by atoms with van der Waals surface area (Å²) in [6.07, 6.45) is 1.57. The van der Waals surface area contributed by atoms with E-state index >= 15 is 0 Å². The van der Waals surface area contributed by atoms with Crippen molar-refractivity contribution in [1.82, 2.24) is 9.55 Å². The van der Waals surface area contributed by atoms with E-state index in [4.69, 9.17) is 22.1 Å². The Hall–Kier alpha value is -2.74. The molecule has 9 heteroatoms. The number of likely N-dealkylation sites (N-methyl/N-ethyl adjacent to an activating group) is 1. The number of benzene rings is 1. The number of nitrogens with two attached hydrogens (primary N) is 1. The van der Waals surface area contributed by atoms with Gasteiger partial charge in [0, 0.05) is 18.6 Å². The van der Waals surface area contributed by atoms with Crippen molar-refractivity contribution in [3.63, 3.8) is 0 Å². The predicted octanol–water partition coefficient (Wildman–Crippen LogP) is 1.61. The van der Waals surface area contributed by atoms with Crippen molar-refractivity contribution < 1.29 is 9.53 Å². The van der Waals surface area contributed by atoms with Crippen LogP contribution < -0.4 is 26.6 Å². The molecule has 8 nitrogen and oxygen atoms in total. The van der Waals surface area contributed by atoms with Gasteiger partial charge in [-0.05, 0) is 30.7 Å². The van der Waals surface area contributed by atoms with E-state index in [1.165, 1.54) is 11.6 Å². The van der Waals surface area contributed by atoms with E-state index in [1.807, 2.05) is 6.92 Å². The number of H-pyrrole nitrogens is 1. The number of nitrogen functional groups attached to an aromatic ring is 1. The van der Waals surface area contributed by atoms with Crippen LogP contribution >= 0.6 is 11.6 Å². The number of carbonyl (C=O) groups is 1. The Morgan fingerprint density at radius 1 is 1.31 bits per heavy atom. The molecule has 0 radical (unpaired) electrons. The number of ether oxygens (including phenoxy) is 1. The molecule has 0 spiro atoms. The minimum atomic E-state index is -0.720. The molecule has 2 rings (SSSR count). The summed E-state index contributed by atoms with van der Waals surface area (Å²) in [7, 11) is 1.41. The molecule has 0 fully saturated rings. The molecule has 26 heavy (non-hydrogen) atoms. The van der Waals surface area contributed by atoms with Gasteiger partial charge in [0.15, 0.2) is 12.3 Å². The molecular weight excluding hydrogens is 360 g/mol. The fraction of sp³-hybridized carbons (Fsp3) is 0.353. The highest BCUT2D eigenvalue weighted by molar-refractivity contribution is 6.30. The normalized spacial score (nSPS) is 10.6. The molecule has 1 aromatic carbocycles. The topological polar surface area (TPSA) is 110 Å². The SMILES string of the molecule is CCCCn1c(N)c(N(C)C(=O)COc2ccc(Cl)cc2)c(=O)[nH]c1=O. The van der Waals surface area contributed by atoms with E-state index < -0.39 is 17.2 Å². The summed E-state index contributed by atoms with van der Waals surface area (Å²) >= 11 is 5.79. The van der Waals surface area contributed by atoms with Gasteiger partial charge in [0.25, 0.3) is 11.5 Å². The Kier molecular flexibility index (Phi) is 6.46. The first-order valence-electron chi connectivity index (χ1n) is 8.12. The molecule has 0 saturated carbocycles. The van der Waals surface area contributed by atoms with Gasteiger partial charge >= 0.3 is 5.69 Å². The summed E-state index contributed by atoms with van der Waals surface area (Å²) < 4.78 is 6.65. The van der Waals surface area contributed by atoms with Crippen LogP contribution in [0.25, 0.3) is 0 Å². The quantitative estimate of drug-likeness (QED) is 0.758. The molecule has 3 N–H and O–H groups in total. The maximum Gasteiger partial charge on any atom is 0.330 e. The number of anilines is 2. The van der Waals surface area contributed by atoms with E-state index in [1.54, 1.807) is 24.3 Å². The minimum Gasteiger partial charge on any atom is -0.484 e. The van der Waals surface area contributed by atoms with Gasteiger partial charge in [-0.1, -0.05) is 24.9 Å². The van der Waals surface area contributed by atoms with E-state index in [-0.39, 0.29) is 18.1 Å². The average molecular weight is 381 g/mol. The lowest BCUT2D eigenvalue weighted by Crippen LogP contribution is -2.40. The zero-order valence-electron chi connectivity index (χ0n) is 14.6. The molecule has 0 aliphatic rings. The van der Waals surface area contributed by atoms with Gasteiger partial charge in [-0.15, -0.1) is 0 Å². The first-order chi connectivity index (χ1) is 12.3. The number of carbonyl (C=O) groups excluding carboxylic acids is 1. The lowest BCUT2D eigenvalue weighted by molar-refractivity contribution is -0.120. The largest absolute Gasteiger partial charge is 0.484 e. The molecule has 140 valence electrons. The van der Waals surface area contributed by atoms with Gasteiger partial charge < -0.3 is 15.4 Å². The number of aromatic nitrogens is 2. The second-order valence-corrected chi connectivity index (χ2v) is 6.13. The lowest BCUT2D eigenvalue weighted by Gasteiger charge is -2.20. The summed E-state index contributed by atoms with van der Waals surface area (Å²) in [6, 6.07) is 6.53. The van der Waals surface area contributed by atoms with Crippen molar-refractivity contribution in [3.8, 4) is 5.75 Å². The van der Waals surface area contributed by atoms with Crippen LogP contribution in [0.5, 0.6) is 5.75 Å². The van der Waals surface area contributed by atoms with Crippen molar-refractivity contribution in [3.05, 3.63) is 50.1 Å². The van der Waals surface area contributed by atoms with Crippen LogP contribution in [0.2, 0.25) is 5.02 Å². The second-order valence-electron chi connectivity index (χ2n) is 5.69. The van der Waals surface area contributed by atoms with E-state index in [9.17, 15) is 14.4 Å². The number of nitrogens with one attached hydrogen (secondary N) is 1. The number of hydrogen-bond acceptors (Lipinski definition) is 5. The minimum absolute atomic E-state index is 0.0467. The molecule has 0 aliphatic heterocycles. The molecule has 1 heterocycles. The van der Waals surface area contributed by atoms with Crippen molar-refractivity contribution in [2.45, 2.75) is 26.3 Å². The summed E-state index contributed by atoms with van der Waals surface area (Å²) in [5.74, 6) is -0.0710. The number of nitrogens with zero attached hydrogens (tertiary/aromatic N) is 2. The molecule has 0 bridgehead atoms. The molecule has 0 atom stereocenters. The third-order valence-electron chi connectivity index (χ3n) is 3.83. The monoisotopic (exact) mass is 380 g/mol. The Morgan fingerprint density at radius 2 is 1.96 bits per heavy atom. The Labute approximate surface area is 155 Å². The maximum atomic E-state index is 12.4. The third kappa shape index (κ3) is 4.45.